The van der Waals surface area contributed by atoms with Gasteiger partial charge < -0.3 is 10.2 Å². The van der Waals surface area contributed by atoms with Crippen LogP contribution < -0.4 is 5.32 Å². The molecule has 5 heteroatoms. The normalized spacial score (nSPS) is 19.2. The van der Waals surface area contributed by atoms with Gasteiger partial charge >= 0.3 is 0 Å². The van der Waals surface area contributed by atoms with E-state index in [1.54, 1.807) is 0 Å². The van der Waals surface area contributed by atoms with E-state index in [1.165, 1.54) is 25.9 Å². The van der Waals surface area contributed by atoms with Crippen LogP contribution in [0, 0.1) is 12.8 Å². The van der Waals surface area contributed by atoms with Gasteiger partial charge in [-0.15, -0.1) is 0 Å². The molecule has 3 aromatic rings. The Balaban J connectivity index is 1.56. The lowest BCUT2D eigenvalue weighted by Crippen LogP contribution is -2.37. The van der Waals surface area contributed by atoms with E-state index < -0.39 is 0 Å². The van der Waals surface area contributed by atoms with Gasteiger partial charge in [-0.3, -0.25) is 0 Å². The molecule has 4 rings (SSSR count). The largest absolute Gasteiger partial charge is 0.368 e. The van der Waals surface area contributed by atoms with Crippen LogP contribution in [-0.4, -0.2) is 45.7 Å². The van der Waals surface area contributed by atoms with E-state index in [9.17, 15) is 0 Å². The number of piperidine rings is 1. The van der Waals surface area contributed by atoms with Gasteiger partial charge in [0.25, 0.3) is 0 Å². The number of hydrogen-bond acceptors (Lipinski definition) is 4. The highest BCUT2D eigenvalue weighted by molar-refractivity contribution is 5.91. The second-order valence-corrected chi connectivity index (χ2v) is 7.01. The van der Waals surface area contributed by atoms with Gasteiger partial charge in [-0.05, 0) is 44.4 Å². The molecule has 1 aliphatic heterocycles. The zero-order valence-corrected chi connectivity index (χ0v) is 14.5. The van der Waals surface area contributed by atoms with Crippen molar-refractivity contribution in [3.05, 3.63) is 36.0 Å². The van der Waals surface area contributed by atoms with E-state index in [0.717, 1.165) is 47.1 Å². The first-order valence-electron chi connectivity index (χ1n) is 8.92. The maximum absolute atomic E-state index is 4.79. The molecule has 1 aromatic carbocycles. The van der Waals surface area contributed by atoms with Gasteiger partial charge in [-0.2, -0.15) is 5.10 Å². The number of aryl methyl sites for hydroxylation is 1. The number of hydrogen-bond donors (Lipinski definition) is 1. The van der Waals surface area contributed by atoms with Crippen LogP contribution in [-0.2, 0) is 0 Å². The van der Waals surface area contributed by atoms with Crippen LogP contribution in [0.5, 0.6) is 0 Å². The smallest absolute Gasteiger partial charge is 0.158 e. The minimum absolute atomic E-state index is 0.823. The Hall–Kier alpha value is -2.14. The highest BCUT2D eigenvalue weighted by Gasteiger charge is 2.16. The lowest BCUT2D eigenvalue weighted by molar-refractivity contribution is 0.190. The van der Waals surface area contributed by atoms with Gasteiger partial charge in [-0.1, -0.05) is 19.1 Å². The third-order valence-electron chi connectivity index (χ3n) is 4.89. The molecule has 1 unspecified atom stereocenters. The van der Waals surface area contributed by atoms with E-state index in [2.05, 4.69) is 46.5 Å². The number of nitrogens with one attached hydrogen (secondary N) is 1. The molecule has 0 radical (unpaired) electrons. The fourth-order valence-electron chi connectivity index (χ4n) is 3.73. The zero-order chi connectivity index (χ0) is 16.5. The SMILES string of the molecule is Cc1cc2nc(NCCN3CCCC(C)C3)c3ccccc3n2n1. The van der Waals surface area contributed by atoms with Gasteiger partial charge in [0, 0.05) is 31.1 Å². The van der Waals surface area contributed by atoms with Gasteiger partial charge in [0.05, 0.1) is 11.2 Å². The second-order valence-electron chi connectivity index (χ2n) is 7.01. The lowest BCUT2D eigenvalue weighted by Gasteiger charge is -2.30. The molecular weight excluding hydrogens is 298 g/mol. The van der Waals surface area contributed by atoms with Crippen LogP contribution in [0.15, 0.2) is 30.3 Å². The molecule has 0 amide bonds. The summed E-state index contributed by atoms with van der Waals surface area (Å²) in [5.41, 5.74) is 3.00. The Morgan fingerprint density at radius 3 is 3.04 bits per heavy atom. The number of benzene rings is 1. The molecule has 0 spiro atoms. The number of likely N-dealkylation sites (tertiary alicyclic amines) is 1. The molecule has 24 heavy (non-hydrogen) atoms. The molecule has 1 fully saturated rings. The monoisotopic (exact) mass is 323 g/mol. The Bertz CT molecular complexity index is 853. The first kappa shape index (κ1) is 15.4. The number of nitrogens with zero attached hydrogens (tertiary/aromatic N) is 4. The third kappa shape index (κ3) is 2.96. The molecule has 1 aliphatic rings. The van der Waals surface area contributed by atoms with Crippen molar-refractivity contribution >= 4 is 22.4 Å². The topological polar surface area (TPSA) is 45.5 Å². The van der Waals surface area contributed by atoms with Crippen molar-refractivity contribution in [2.45, 2.75) is 26.7 Å². The van der Waals surface area contributed by atoms with Gasteiger partial charge in [0.1, 0.15) is 5.82 Å². The van der Waals surface area contributed by atoms with Crippen LogP contribution in [0.2, 0.25) is 0 Å². The maximum atomic E-state index is 4.79. The predicted molar refractivity (Wildman–Crippen MR) is 98.6 cm³/mol. The summed E-state index contributed by atoms with van der Waals surface area (Å²) in [4.78, 5) is 7.35. The van der Waals surface area contributed by atoms with E-state index in [4.69, 9.17) is 4.98 Å². The molecule has 3 heterocycles. The number of rotatable bonds is 4. The molecule has 126 valence electrons. The summed E-state index contributed by atoms with van der Waals surface area (Å²) in [6.45, 7) is 8.80. The number of fused-ring (bicyclic) bond motifs is 3. The van der Waals surface area contributed by atoms with E-state index in [0.29, 0.717) is 0 Å². The molecule has 1 N–H and O–H groups in total. The van der Waals surface area contributed by atoms with Crippen LogP contribution in [0.3, 0.4) is 0 Å². The van der Waals surface area contributed by atoms with Crippen LogP contribution in [0.25, 0.3) is 16.6 Å². The van der Waals surface area contributed by atoms with E-state index in [1.807, 2.05) is 17.5 Å². The van der Waals surface area contributed by atoms with Gasteiger partial charge in [0.2, 0.25) is 0 Å². The fourth-order valence-corrected chi connectivity index (χ4v) is 3.73. The van der Waals surface area contributed by atoms with Crippen molar-refractivity contribution in [3.63, 3.8) is 0 Å². The Morgan fingerprint density at radius 2 is 2.17 bits per heavy atom. The predicted octanol–water partition coefficient (Wildman–Crippen LogP) is 3.33. The van der Waals surface area contributed by atoms with Crippen LogP contribution >= 0.6 is 0 Å². The van der Waals surface area contributed by atoms with Crippen molar-refractivity contribution in [1.29, 1.82) is 0 Å². The first-order valence-corrected chi connectivity index (χ1v) is 8.92. The highest BCUT2D eigenvalue weighted by Crippen LogP contribution is 2.23. The van der Waals surface area contributed by atoms with Crippen LogP contribution in [0.1, 0.15) is 25.5 Å². The summed E-state index contributed by atoms with van der Waals surface area (Å²) in [6, 6.07) is 10.4. The van der Waals surface area contributed by atoms with Crippen molar-refractivity contribution in [3.8, 4) is 0 Å². The van der Waals surface area contributed by atoms with Gasteiger partial charge in [0.15, 0.2) is 5.65 Å². The molecule has 1 saturated heterocycles. The Kier molecular flexibility index (Phi) is 4.10. The summed E-state index contributed by atoms with van der Waals surface area (Å²) >= 11 is 0. The number of para-hydroxylation sites is 1. The number of aromatic nitrogens is 3. The standard InChI is InChI=1S/C19H25N5/c1-14-6-5-10-23(13-14)11-9-20-19-16-7-3-4-8-17(16)24-18(21-19)12-15(2)22-24/h3-4,7-8,12,14H,5-6,9-11,13H2,1-2H3,(H,20,21). The summed E-state index contributed by atoms with van der Waals surface area (Å²) < 4.78 is 1.93. The average Bonchev–Trinajstić information content (AvgIpc) is 2.95. The molecule has 0 saturated carbocycles. The Labute approximate surface area is 142 Å². The van der Waals surface area contributed by atoms with Crippen molar-refractivity contribution in [2.24, 2.45) is 5.92 Å². The van der Waals surface area contributed by atoms with Crippen LogP contribution in [0.4, 0.5) is 5.82 Å². The first-order chi connectivity index (χ1) is 11.7. The summed E-state index contributed by atoms with van der Waals surface area (Å²) in [7, 11) is 0. The minimum atomic E-state index is 0.823. The summed E-state index contributed by atoms with van der Waals surface area (Å²) in [6.07, 6.45) is 2.69. The molecule has 0 bridgehead atoms. The van der Waals surface area contributed by atoms with E-state index in [-0.39, 0.29) is 0 Å². The van der Waals surface area contributed by atoms with Gasteiger partial charge in [-0.25, -0.2) is 9.50 Å². The third-order valence-corrected chi connectivity index (χ3v) is 4.89. The van der Waals surface area contributed by atoms with Crippen molar-refractivity contribution in [1.82, 2.24) is 19.5 Å². The van der Waals surface area contributed by atoms with Crippen molar-refractivity contribution in [2.75, 3.05) is 31.5 Å². The average molecular weight is 323 g/mol. The molecular formula is C19H25N5. The number of anilines is 1. The lowest BCUT2D eigenvalue weighted by atomic mass is 10.0. The summed E-state index contributed by atoms with van der Waals surface area (Å²) in [5, 5.41) is 9.25. The van der Waals surface area contributed by atoms with E-state index >= 15 is 0 Å². The second kappa shape index (κ2) is 6.40. The molecule has 2 aromatic heterocycles. The highest BCUT2D eigenvalue weighted by atomic mass is 15.3. The quantitative estimate of drug-likeness (QED) is 0.800. The minimum Gasteiger partial charge on any atom is -0.368 e. The fraction of sp³-hybridized carbons (Fsp3) is 0.474. The maximum Gasteiger partial charge on any atom is 0.158 e. The Morgan fingerprint density at radius 1 is 1.29 bits per heavy atom. The summed E-state index contributed by atoms with van der Waals surface area (Å²) in [5.74, 6) is 1.78. The molecule has 0 aliphatic carbocycles. The van der Waals surface area contributed by atoms with Crippen molar-refractivity contribution < 1.29 is 0 Å². The molecule has 5 nitrogen and oxygen atoms in total. The molecule has 1 atom stereocenters. The zero-order valence-electron chi connectivity index (χ0n) is 14.5.